The topological polar surface area (TPSA) is 43.0 Å². The first-order valence-corrected chi connectivity index (χ1v) is 5.76. The van der Waals surface area contributed by atoms with E-state index in [1.165, 1.54) is 0 Å². The molecule has 0 bridgehead atoms. The molecule has 0 radical (unpaired) electrons. The molecule has 5 nitrogen and oxygen atoms in total. The van der Waals surface area contributed by atoms with Crippen LogP contribution in [0.5, 0.6) is 17.2 Å². The molecule has 0 aliphatic carbocycles. The lowest BCUT2D eigenvalue weighted by molar-refractivity contribution is 0.251. The molecule has 18 heavy (non-hydrogen) atoms. The Kier molecular flexibility index (Phi) is 5.25. The van der Waals surface area contributed by atoms with Crippen LogP contribution in [0.15, 0.2) is 12.1 Å². The molecule has 0 aliphatic heterocycles. The van der Waals surface area contributed by atoms with E-state index in [9.17, 15) is 0 Å². The molecule has 0 heterocycles. The van der Waals surface area contributed by atoms with E-state index in [2.05, 4.69) is 12.3 Å². The zero-order valence-corrected chi connectivity index (χ0v) is 11.9. The molecule has 5 heteroatoms. The fraction of sp³-hybridized carbons (Fsp3) is 0.538. The highest BCUT2D eigenvalue weighted by atomic mass is 16.5. The first-order chi connectivity index (χ1) is 8.53. The monoisotopic (exact) mass is 254 g/mol. The van der Waals surface area contributed by atoms with Gasteiger partial charge in [0.2, 0.25) is 5.75 Å². The van der Waals surface area contributed by atoms with E-state index in [4.69, 9.17) is 14.2 Å². The van der Waals surface area contributed by atoms with Gasteiger partial charge in [-0.3, -0.25) is 5.01 Å². The molecule has 1 aromatic carbocycles. The van der Waals surface area contributed by atoms with Crippen molar-refractivity contribution in [1.29, 1.82) is 0 Å². The number of methoxy groups -OCH3 is 3. The maximum absolute atomic E-state index is 5.33. The summed E-state index contributed by atoms with van der Waals surface area (Å²) >= 11 is 0. The number of nitrogens with one attached hydrogen (secondary N) is 1. The fourth-order valence-corrected chi connectivity index (χ4v) is 1.81. The Balaban J connectivity index is 3.14. The number of hydrogen-bond donors (Lipinski definition) is 1. The maximum atomic E-state index is 5.33. The molecule has 0 spiro atoms. The Morgan fingerprint density at radius 3 is 1.83 bits per heavy atom. The highest BCUT2D eigenvalue weighted by Crippen LogP contribution is 2.39. The fourth-order valence-electron chi connectivity index (χ4n) is 1.81. The van der Waals surface area contributed by atoms with Crippen LogP contribution >= 0.6 is 0 Å². The van der Waals surface area contributed by atoms with Crippen LogP contribution in [0, 0.1) is 0 Å². The Labute approximate surface area is 109 Å². The maximum Gasteiger partial charge on any atom is 0.203 e. The van der Waals surface area contributed by atoms with Gasteiger partial charge in [0.25, 0.3) is 0 Å². The van der Waals surface area contributed by atoms with Crippen LogP contribution in [-0.4, -0.2) is 40.4 Å². The zero-order chi connectivity index (χ0) is 13.7. The smallest absolute Gasteiger partial charge is 0.203 e. The average molecular weight is 254 g/mol. The predicted octanol–water partition coefficient (Wildman–Crippen LogP) is 1.84. The van der Waals surface area contributed by atoms with Crippen LogP contribution in [0.25, 0.3) is 0 Å². The van der Waals surface area contributed by atoms with Crippen LogP contribution in [0.4, 0.5) is 0 Å². The van der Waals surface area contributed by atoms with E-state index in [0.29, 0.717) is 17.2 Å². The molecule has 1 unspecified atom stereocenters. The van der Waals surface area contributed by atoms with Gasteiger partial charge in [0.1, 0.15) is 0 Å². The van der Waals surface area contributed by atoms with Crippen molar-refractivity contribution in [2.24, 2.45) is 0 Å². The zero-order valence-electron chi connectivity index (χ0n) is 11.9. The van der Waals surface area contributed by atoms with Crippen molar-refractivity contribution in [3.8, 4) is 17.2 Å². The van der Waals surface area contributed by atoms with Gasteiger partial charge in [-0.05, 0) is 24.6 Å². The minimum atomic E-state index is 0.147. The molecule has 0 saturated heterocycles. The van der Waals surface area contributed by atoms with Gasteiger partial charge in [-0.15, -0.1) is 0 Å². The second-order valence-electron chi connectivity index (χ2n) is 4.20. The summed E-state index contributed by atoms with van der Waals surface area (Å²) in [5, 5.41) is 1.91. The number of hydrogen-bond acceptors (Lipinski definition) is 5. The summed E-state index contributed by atoms with van der Waals surface area (Å²) in [6.45, 7) is 2.07. The molecule has 102 valence electrons. The van der Waals surface area contributed by atoms with Gasteiger partial charge in [-0.2, -0.15) is 0 Å². The predicted molar refractivity (Wildman–Crippen MR) is 71.3 cm³/mol. The quantitative estimate of drug-likeness (QED) is 0.785. The summed E-state index contributed by atoms with van der Waals surface area (Å²) in [6.07, 6.45) is 0. The Morgan fingerprint density at radius 1 is 1.00 bits per heavy atom. The molecule has 0 aromatic heterocycles. The van der Waals surface area contributed by atoms with E-state index in [0.717, 1.165) is 5.56 Å². The van der Waals surface area contributed by atoms with Crippen LogP contribution in [-0.2, 0) is 0 Å². The molecular formula is C13H22N2O3. The van der Waals surface area contributed by atoms with Gasteiger partial charge in [-0.25, -0.2) is 5.43 Å². The summed E-state index contributed by atoms with van der Waals surface area (Å²) in [6, 6.07) is 4.04. The molecule has 1 atom stereocenters. The lowest BCUT2D eigenvalue weighted by atomic mass is 10.1. The Bertz CT molecular complexity index is 369. The summed E-state index contributed by atoms with van der Waals surface area (Å²) in [4.78, 5) is 0. The molecule has 0 aliphatic rings. The summed E-state index contributed by atoms with van der Waals surface area (Å²) < 4.78 is 15.9. The molecule has 1 aromatic rings. The van der Waals surface area contributed by atoms with Crippen LogP contribution < -0.4 is 19.6 Å². The first-order valence-electron chi connectivity index (χ1n) is 5.76. The van der Waals surface area contributed by atoms with E-state index >= 15 is 0 Å². The number of rotatable bonds is 6. The standard InChI is InChI=1S/C13H22N2O3/c1-9(14-15(2)3)10-7-11(16-4)13(18-6)12(8-10)17-5/h7-9,14H,1-6H3. The molecule has 0 fully saturated rings. The first kappa shape index (κ1) is 14.6. The van der Waals surface area contributed by atoms with Crippen molar-refractivity contribution < 1.29 is 14.2 Å². The lowest BCUT2D eigenvalue weighted by Crippen LogP contribution is -2.32. The third-order valence-corrected chi connectivity index (χ3v) is 2.64. The number of hydrazine groups is 1. The normalized spacial score (nSPS) is 12.4. The molecule has 0 amide bonds. The number of ether oxygens (including phenoxy) is 3. The van der Waals surface area contributed by atoms with Crippen LogP contribution in [0.2, 0.25) is 0 Å². The van der Waals surface area contributed by atoms with Gasteiger partial charge in [0, 0.05) is 20.1 Å². The van der Waals surface area contributed by atoms with Gasteiger partial charge >= 0.3 is 0 Å². The van der Waals surface area contributed by atoms with Gasteiger partial charge in [0.15, 0.2) is 11.5 Å². The largest absolute Gasteiger partial charge is 0.493 e. The van der Waals surface area contributed by atoms with Crippen molar-refractivity contribution in [2.75, 3.05) is 35.4 Å². The van der Waals surface area contributed by atoms with E-state index in [-0.39, 0.29) is 6.04 Å². The molecular weight excluding hydrogens is 232 g/mol. The highest BCUT2D eigenvalue weighted by Gasteiger charge is 2.16. The van der Waals surface area contributed by atoms with Crippen molar-refractivity contribution in [2.45, 2.75) is 13.0 Å². The van der Waals surface area contributed by atoms with Gasteiger partial charge < -0.3 is 14.2 Å². The summed E-state index contributed by atoms with van der Waals surface area (Å²) in [7, 11) is 8.74. The number of nitrogens with zero attached hydrogens (tertiary/aromatic N) is 1. The second kappa shape index (κ2) is 6.47. The van der Waals surface area contributed by atoms with Crippen molar-refractivity contribution in [1.82, 2.24) is 10.4 Å². The lowest BCUT2D eigenvalue weighted by Gasteiger charge is -2.21. The molecule has 0 saturated carbocycles. The second-order valence-corrected chi connectivity index (χ2v) is 4.20. The van der Waals surface area contributed by atoms with Crippen LogP contribution in [0.1, 0.15) is 18.5 Å². The third-order valence-electron chi connectivity index (χ3n) is 2.64. The summed E-state index contributed by atoms with van der Waals surface area (Å²) in [5.74, 6) is 1.94. The Hall–Kier alpha value is -1.46. The summed E-state index contributed by atoms with van der Waals surface area (Å²) in [5.41, 5.74) is 4.35. The van der Waals surface area contributed by atoms with E-state index < -0.39 is 0 Å². The third kappa shape index (κ3) is 3.27. The molecule has 1 N–H and O–H groups in total. The van der Waals surface area contributed by atoms with E-state index in [1.807, 2.05) is 31.2 Å². The minimum Gasteiger partial charge on any atom is -0.493 e. The average Bonchev–Trinajstić information content (AvgIpc) is 2.35. The van der Waals surface area contributed by atoms with Crippen molar-refractivity contribution >= 4 is 0 Å². The molecule has 1 rings (SSSR count). The minimum absolute atomic E-state index is 0.147. The van der Waals surface area contributed by atoms with E-state index in [1.54, 1.807) is 21.3 Å². The SMILES string of the molecule is COc1cc(C(C)NN(C)C)cc(OC)c1OC. The number of benzene rings is 1. The van der Waals surface area contributed by atoms with Gasteiger partial charge in [-0.1, -0.05) is 0 Å². The van der Waals surface area contributed by atoms with Crippen molar-refractivity contribution in [3.63, 3.8) is 0 Å². The van der Waals surface area contributed by atoms with Crippen LogP contribution in [0.3, 0.4) is 0 Å². The highest BCUT2D eigenvalue weighted by molar-refractivity contribution is 5.54. The Morgan fingerprint density at radius 2 is 1.50 bits per heavy atom. The van der Waals surface area contributed by atoms with Crippen molar-refractivity contribution in [3.05, 3.63) is 17.7 Å². The van der Waals surface area contributed by atoms with Gasteiger partial charge in [0.05, 0.1) is 21.3 Å².